The molecule has 0 bridgehead atoms. The van der Waals surface area contributed by atoms with Gasteiger partial charge >= 0.3 is 5.97 Å². The van der Waals surface area contributed by atoms with Crippen LogP contribution in [0.25, 0.3) is 0 Å². The van der Waals surface area contributed by atoms with E-state index in [1.54, 1.807) is 20.9 Å². The number of amides is 1. The third kappa shape index (κ3) is 4.59. The van der Waals surface area contributed by atoms with E-state index in [2.05, 4.69) is 5.32 Å². The summed E-state index contributed by atoms with van der Waals surface area (Å²) >= 11 is 0. The number of carbonyl (C=O) groups excluding carboxylic acids is 2. The Bertz CT molecular complexity index is 254. The van der Waals surface area contributed by atoms with Crippen molar-refractivity contribution in [1.29, 1.82) is 0 Å². The number of hydrogen-bond acceptors (Lipinski definition) is 5. The van der Waals surface area contributed by atoms with E-state index in [9.17, 15) is 9.59 Å². The van der Waals surface area contributed by atoms with Gasteiger partial charge in [-0.15, -0.1) is 0 Å². The standard InChI is InChI=1S/C10H21N3O3/c1-4-16-9(15)10(2,12)6-5-7(13-3)8(11)14/h7,13H,4-6,12H2,1-3H3,(H2,11,14). The summed E-state index contributed by atoms with van der Waals surface area (Å²) in [4.78, 5) is 22.4. The van der Waals surface area contributed by atoms with Crippen LogP contribution in [0.2, 0.25) is 0 Å². The van der Waals surface area contributed by atoms with E-state index in [1.165, 1.54) is 0 Å². The smallest absolute Gasteiger partial charge is 0.325 e. The summed E-state index contributed by atoms with van der Waals surface area (Å²) in [5.74, 6) is -0.920. The second-order valence-corrected chi connectivity index (χ2v) is 3.92. The third-order valence-corrected chi connectivity index (χ3v) is 2.39. The van der Waals surface area contributed by atoms with Crippen LogP contribution >= 0.6 is 0 Å². The number of nitrogens with two attached hydrogens (primary N) is 2. The second-order valence-electron chi connectivity index (χ2n) is 3.92. The number of primary amides is 1. The molecule has 0 aliphatic heterocycles. The lowest BCUT2D eigenvalue weighted by Crippen LogP contribution is -2.48. The van der Waals surface area contributed by atoms with Crippen LogP contribution in [0.5, 0.6) is 0 Å². The SMILES string of the molecule is CCOC(=O)C(C)(N)CCC(NC)C(N)=O. The molecule has 0 aromatic rings. The van der Waals surface area contributed by atoms with Crippen molar-refractivity contribution in [3.05, 3.63) is 0 Å². The molecular weight excluding hydrogens is 210 g/mol. The predicted molar refractivity (Wildman–Crippen MR) is 60.5 cm³/mol. The highest BCUT2D eigenvalue weighted by Gasteiger charge is 2.31. The topological polar surface area (TPSA) is 107 Å². The maximum atomic E-state index is 11.5. The molecule has 0 fully saturated rings. The normalized spacial score (nSPS) is 16.2. The van der Waals surface area contributed by atoms with E-state index in [1.807, 2.05) is 0 Å². The van der Waals surface area contributed by atoms with Crippen molar-refractivity contribution in [2.24, 2.45) is 11.5 Å². The number of rotatable bonds is 7. The Kier molecular flexibility index (Phi) is 5.98. The van der Waals surface area contributed by atoms with Crippen LogP contribution < -0.4 is 16.8 Å². The number of carbonyl (C=O) groups is 2. The maximum Gasteiger partial charge on any atom is 0.325 e. The predicted octanol–water partition coefficient (Wildman–Crippen LogP) is -0.880. The first-order valence-corrected chi connectivity index (χ1v) is 5.27. The fraction of sp³-hybridized carbons (Fsp3) is 0.800. The molecule has 2 atom stereocenters. The number of ether oxygens (including phenoxy) is 1. The minimum Gasteiger partial charge on any atom is -0.465 e. The molecule has 2 unspecified atom stereocenters. The van der Waals surface area contributed by atoms with Gasteiger partial charge in [0.05, 0.1) is 12.6 Å². The van der Waals surface area contributed by atoms with Crippen molar-refractivity contribution in [3.8, 4) is 0 Å². The summed E-state index contributed by atoms with van der Waals surface area (Å²) in [7, 11) is 1.63. The van der Waals surface area contributed by atoms with Crippen LogP contribution in [0.1, 0.15) is 26.7 Å². The van der Waals surface area contributed by atoms with Crippen LogP contribution in [0.3, 0.4) is 0 Å². The zero-order chi connectivity index (χ0) is 12.8. The molecule has 5 N–H and O–H groups in total. The summed E-state index contributed by atoms with van der Waals surface area (Å²) in [6.45, 7) is 3.59. The summed E-state index contributed by atoms with van der Waals surface area (Å²) < 4.78 is 4.83. The summed E-state index contributed by atoms with van der Waals surface area (Å²) in [5, 5.41) is 2.76. The van der Waals surface area contributed by atoms with E-state index < -0.39 is 23.5 Å². The molecule has 0 saturated carbocycles. The first-order chi connectivity index (χ1) is 7.35. The van der Waals surface area contributed by atoms with Crippen molar-refractivity contribution < 1.29 is 14.3 Å². The van der Waals surface area contributed by atoms with Gasteiger partial charge < -0.3 is 21.5 Å². The molecule has 0 aliphatic carbocycles. The number of likely N-dealkylation sites (N-methyl/N-ethyl adjacent to an activating group) is 1. The second kappa shape index (κ2) is 6.44. The van der Waals surface area contributed by atoms with Gasteiger partial charge in [0.15, 0.2) is 0 Å². The fourth-order valence-electron chi connectivity index (χ4n) is 1.27. The van der Waals surface area contributed by atoms with Crippen molar-refractivity contribution in [3.63, 3.8) is 0 Å². The summed E-state index contributed by atoms with van der Waals surface area (Å²) in [6.07, 6.45) is 0.734. The number of esters is 1. The Morgan fingerprint density at radius 1 is 1.50 bits per heavy atom. The molecule has 0 radical (unpaired) electrons. The molecule has 0 heterocycles. The van der Waals surface area contributed by atoms with Gasteiger partial charge in [-0.3, -0.25) is 9.59 Å². The minimum atomic E-state index is -1.08. The maximum absolute atomic E-state index is 11.5. The molecule has 6 heteroatoms. The lowest BCUT2D eigenvalue weighted by Gasteiger charge is -2.23. The molecule has 1 amide bonds. The van der Waals surface area contributed by atoms with Gasteiger partial charge in [-0.05, 0) is 33.7 Å². The molecule has 0 aliphatic rings. The van der Waals surface area contributed by atoms with E-state index in [0.29, 0.717) is 12.8 Å². The third-order valence-electron chi connectivity index (χ3n) is 2.39. The Labute approximate surface area is 95.7 Å². The van der Waals surface area contributed by atoms with Crippen molar-refractivity contribution in [2.75, 3.05) is 13.7 Å². The average molecular weight is 231 g/mol. The highest BCUT2D eigenvalue weighted by molar-refractivity contribution is 5.81. The van der Waals surface area contributed by atoms with Crippen LogP contribution in [-0.4, -0.2) is 37.1 Å². The van der Waals surface area contributed by atoms with Crippen LogP contribution in [-0.2, 0) is 14.3 Å². The number of hydrogen-bond donors (Lipinski definition) is 3. The summed E-state index contributed by atoms with van der Waals surface area (Å²) in [5.41, 5.74) is 9.87. The molecule has 0 aromatic carbocycles. The van der Waals surface area contributed by atoms with Gasteiger partial charge in [0.25, 0.3) is 0 Å². The summed E-state index contributed by atoms with van der Waals surface area (Å²) in [6, 6.07) is -0.475. The van der Waals surface area contributed by atoms with Crippen LogP contribution in [0.4, 0.5) is 0 Å². The van der Waals surface area contributed by atoms with Crippen LogP contribution in [0, 0.1) is 0 Å². The molecule has 0 aromatic heterocycles. The van der Waals surface area contributed by atoms with E-state index >= 15 is 0 Å². The molecule has 6 nitrogen and oxygen atoms in total. The lowest BCUT2D eigenvalue weighted by atomic mass is 9.94. The highest BCUT2D eigenvalue weighted by atomic mass is 16.5. The quantitative estimate of drug-likeness (QED) is 0.493. The monoisotopic (exact) mass is 231 g/mol. The van der Waals surface area contributed by atoms with Gasteiger partial charge in [-0.25, -0.2) is 0 Å². The molecule has 94 valence electrons. The average Bonchev–Trinajstić information content (AvgIpc) is 2.18. The molecule has 16 heavy (non-hydrogen) atoms. The largest absolute Gasteiger partial charge is 0.465 e. The van der Waals surface area contributed by atoms with Gasteiger partial charge in [-0.2, -0.15) is 0 Å². The van der Waals surface area contributed by atoms with Crippen molar-refractivity contribution >= 4 is 11.9 Å². The van der Waals surface area contributed by atoms with E-state index in [0.717, 1.165) is 0 Å². The Balaban J connectivity index is 4.26. The fourth-order valence-corrected chi connectivity index (χ4v) is 1.27. The van der Waals surface area contributed by atoms with Gasteiger partial charge in [0, 0.05) is 0 Å². The molecule has 0 saturated heterocycles. The molecule has 0 spiro atoms. The molecule has 0 rings (SSSR count). The first-order valence-electron chi connectivity index (χ1n) is 5.27. The minimum absolute atomic E-state index is 0.289. The Hall–Kier alpha value is -1.14. The van der Waals surface area contributed by atoms with Crippen LogP contribution in [0.15, 0.2) is 0 Å². The van der Waals surface area contributed by atoms with E-state index in [-0.39, 0.29) is 6.61 Å². The first kappa shape index (κ1) is 14.9. The Morgan fingerprint density at radius 2 is 2.06 bits per heavy atom. The van der Waals surface area contributed by atoms with Gasteiger partial charge in [-0.1, -0.05) is 0 Å². The lowest BCUT2D eigenvalue weighted by molar-refractivity contribution is -0.149. The number of nitrogens with one attached hydrogen (secondary N) is 1. The van der Waals surface area contributed by atoms with Crippen molar-refractivity contribution in [2.45, 2.75) is 38.3 Å². The van der Waals surface area contributed by atoms with E-state index in [4.69, 9.17) is 16.2 Å². The highest BCUT2D eigenvalue weighted by Crippen LogP contribution is 2.12. The Morgan fingerprint density at radius 3 is 2.44 bits per heavy atom. The van der Waals surface area contributed by atoms with Gasteiger partial charge in [0.1, 0.15) is 5.54 Å². The zero-order valence-corrected chi connectivity index (χ0v) is 10.1. The zero-order valence-electron chi connectivity index (χ0n) is 10.1. The van der Waals surface area contributed by atoms with Gasteiger partial charge in [0.2, 0.25) is 5.91 Å². The van der Waals surface area contributed by atoms with Crippen molar-refractivity contribution in [1.82, 2.24) is 5.32 Å². The molecular formula is C10H21N3O3.